The molecule has 5 heteroatoms. The van der Waals surface area contributed by atoms with Crippen LogP contribution in [0.1, 0.15) is 31.2 Å². The molecule has 2 aliphatic heterocycles. The van der Waals surface area contributed by atoms with Gasteiger partial charge in [0.05, 0.1) is 13.5 Å². The third kappa shape index (κ3) is 4.01. The SMILES string of the molecule is COc1ccc2cccc(CC(=O)NCC3(N4CCCC4)CCOCC3)c2c1. The summed E-state index contributed by atoms with van der Waals surface area (Å²) in [6.45, 7) is 4.56. The van der Waals surface area contributed by atoms with Crippen LogP contribution in [-0.2, 0) is 16.0 Å². The summed E-state index contributed by atoms with van der Waals surface area (Å²) in [4.78, 5) is 15.4. The number of benzene rings is 2. The average Bonchev–Trinajstić information content (AvgIpc) is 3.29. The van der Waals surface area contributed by atoms with Crippen molar-refractivity contribution in [3.05, 3.63) is 42.0 Å². The summed E-state index contributed by atoms with van der Waals surface area (Å²) in [6.07, 6.45) is 4.90. The summed E-state index contributed by atoms with van der Waals surface area (Å²) in [5.74, 6) is 0.899. The van der Waals surface area contributed by atoms with Crippen LogP contribution < -0.4 is 10.1 Å². The van der Waals surface area contributed by atoms with Gasteiger partial charge in [-0.05, 0) is 67.2 Å². The standard InChI is InChI=1S/C23H30N2O3/c1-27-20-8-7-18-5-4-6-19(21(18)16-20)15-22(26)24-17-23(9-13-28-14-10-23)25-11-2-3-12-25/h4-8,16H,2-3,9-15,17H2,1H3,(H,24,26). The van der Waals surface area contributed by atoms with E-state index in [1.807, 2.05) is 30.3 Å². The van der Waals surface area contributed by atoms with E-state index in [1.54, 1.807) is 7.11 Å². The molecule has 0 aliphatic carbocycles. The van der Waals surface area contributed by atoms with Gasteiger partial charge < -0.3 is 14.8 Å². The first kappa shape index (κ1) is 19.2. The Morgan fingerprint density at radius 1 is 1.18 bits per heavy atom. The molecule has 0 unspecified atom stereocenters. The molecule has 150 valence electrons. The highest BCUT2D eigenvalue weighted by molar-refractivity contribution is 5.91. The Kier molecular flexibility index (Phi) is 5.83. The van der Waals surface area contributed by atoms with Crippen molar-refractivity contribution >= 4 is 16.7 Å². The summed E-state index contributed by atoms with van der Waals surface area (Å²) in [5.41, 5.74) is 1.10. The van der Waals surface area contributed by atoms with Gasteiger partial charge in [0.1, 0.15) is 5.75 Å². The van der Waals surface area contributed by atoms with E-state index in [4.69, 9.17) is 9.47 Å². The van der Waals surface area contributed by atoms with E-state index < -0.39 is 0 Å². The van der Waals surface area contributed by atoms with Gasteiger partial charge in [0.25, 0.3) is 0 Å². The van der Waals surface area contributed by atoms with Crippen molar-refractivity contribution in [3.63, 3.8) is 0 Å². The third-order valence-electron chi connectivity index (χ3n) is 6.35. The molecule has 0 aromatic heterocycles. The van der Waals surface area contributed by atoms with E-state index in [1.165, 1.54) is 12.8 Å². The molecule has 2 heterocycles. The van der Waals surface area contributed by atoms with E-state index in [9.17, 15) is 4.79 Å². The predicted octanol–water partition coefficient (Wildman–Crippen LogP) is 3.15. The molecule has 2 aliphatic rings. The molecule has 28 heavy (non-hydrogen) atoms. The minimum absolute atomic E-state index is 0.0619. The number of likely N-dealkylation sites (tertiary alicyclic amines) is 1. The summed E-state index contributed by atoms with van der Waals surface area (Å²) < 4.78 is 11.0. The second-order valence-corrected chi connectivity index (χ2v) is 7.99. The summed E-state index contributed by atoms with van der Waals surface area (Å²) in [6, 6.07) is 12.1. The topological polar surface area (TPSA) is 50.8 Å². The summed E-state index contributed by atoms with van der Waals surface area (Å²) in [5, 5.41) is 5.45. The number of amides is 1. The number of carbonyl (C=O) groups is 1. The predicted molar refractivity (Wildman–Crippen MR) is 111 cm³/mol. The minimum atomic E-state index is 0.0619. The van der Waals surface area contributed by atoms with Crippen LogP contribution in [0.4, 0.5) is 0 Å². The van der Waals surface area contributed by atoms with E-state index >= 15 is 0 Å². The van der Waals surface area contributed by atoms with E-state index in [2.05, 4.69) is 16.3 Å². The number of carbonyl (C=O) groups excluding carboxylic acids is 1. The number of hydrogen-bond donors (Lipinski definition) is 1. The molecule has 4 rings (SSSR count). The highest BCUT2D eigenvalue weighted by atomic mass is 16.5. The molecule has 0 atom stereocenters. The monoisotopic (exact) mass is 382 g/mol. The Balaban J connectivity index is 1.46. The number of hydrogen-bond acceptors (Lipinski definition) is 4. The van der Waals surface area contributed by atoms with Crippen LogP contribution in [0.3, 0.4) is 0 Å². The lowest BCUT2D eigenvalue weighted by Gasteiger charge is -2.44. The summed E-state index contributed by atoms with van der Waals surface area (Å²) in [7, 11) is 1.67. The number of nitrogens with zero attached hydrogens (tertiary/aromatic N) is 1. The van der Waals surface area contributed by atoms with Crippen molar-refractivity contribution in [3.8, 4) is 5.75 Å². The summed E-state index contributed by atoms with van der Waals surface area (Å²) >= 11 is 0. The molecular weight excluding hydrogens is 352 g/mol. The third-order valence-corrected chi connectivity index (χ3v) is 6.35. The largest absolute Gasteiger partial charge is 0.497 e. The Morgan fingerprint density at radius 2 is 1.96 bits per heavy atom. The van der Waals surface area contributed by atoms with Gasteiger partial charge in [0.15, 0.2) is 0 Å². The maximum Gasteiger partial charge on any atom is 0.224 e. The van der Waals surface area contributed by atoms with Crippen molar-refractivity contribution in [2.75, 3.05) is 40.0 Å². The fraction of sp³-hybridized carbons (Fsp3) is 0.522. The first-order valence-corrected chi connectivity index (χ1v) is 10.4. The molecule has 2 fully saturated rings. The second-order valence-electron chi connectivity index (χ2n) is 7.99. The molecule has 1 N–H and O–H groups in total. The van der Waals surface area contributed by atoms with Crippen molar-refractivity contribution in [2.45, 2.75) is 37.6 Å². The fourth-order valence-electron chi connectivity index (χ4n) is 4.64. The van der Waals surface area contributed by atoms with Crippen molar-refractivity contribution in [2.24, 2.45) is 0 Å². The Hall–Kier alpha value is -2.11. The van der Waals surface area contributed by atoms with Crippen molar-refractivity contribution < 1.29 is 14.3 Å². The van der Waals surface area contributed by atoms with Crippen LogP contribution in [0, 0.1) is 0 Å². The minimum Gasteiger partial charge on any atom is -0.497 e. The van der Waals surface area contributed by atoms with Crippen LogP contribution in [0.2, 0.25) is 0 Å². The Bertz CT molecular complexity index is 824. The maximum atomic E-state index is 12.8. The number of rotatable bonds is 6. The van der Waals surface area contributed by atoms with Gasteiger partial charge in [-0.1, -0.05) is 24.3 Å². The average molecular weight is 383 g/mol. The van der Waals surface area contributed by atoms with Gasteiger partial charge in [-0.2, -0.15) is 0 Å². The second kappa shape index (κ2) is 8.50. The maximum absolute atomic E-state index is 12.8. The van der Waals surface area contributed by atoms with E-state index in [-0.39, 0.29) is 11.4 Å². The number of nitrogens with one attached hydrogen (secondary N) is 1. The molecule has 2 saturated heterocycles. The number of methoxy groups -OCH3 is 1. The van der Waals surface area contributed by atoms with Crippen molar-refractivity contribution in [1.82, 2.24) is 10.2 Å². The van der Waals surface area contributed by atoms with Gasteiger partial charge in [-0.15, -0.1) is 0 Å². The first-order valence-electron chi connectivity index (χ1n) is 10.4. The highest BCUT2D eigenvalue weighted by Gasteiger charge is 2.39. The fourth-order valence-corrected chi connectivity index (χ4v) is 4.64. The van der Waals surface area contributed by atoms with E-state index in [0.29, 0.717) is 13.0 Å². The lowest BCUT2D eigenvalue weighted by atomic mass is 9.88. The van der Waals surface area contributed by atoms with Crippen LogP contribution >= 0.6 is 0 Å². The Morgan fingerprint density at radius 3 is 2.71 bits per heavy atom. The lowest BCUT2D eigenvalue weighted by Crippen LogP contribution is -2.57. The molecule has 5 nitrogen and oxygen atoms in total. The van der Waals surface area contributed by atoms with Gasteiger partial charge in [-0.25, -0.2) is 0 Å². The van der Waals surface area contributed by atoms with Crippen LogP contribution in [-0.4, -0.2) is 56.3 Å². The normalized spacial score (nSPS) is 19.6. The zero-order valence-corrected chi connectivity index (χ0v) is 16.7. The Labute approximate surface area is 167 Å². The van der Waals surface area contributed by atoms with Gasteiger partial charge in [0, 0.05) is 25.3 Å². The van der Waals surface area contributed by atoms with Gasteiger partial charge in [0.2, 0.25) is 5.91 Å². The molecule has 1 amide bonds. The zero-order chi connectivity index (χ0) is 19.4. The molecule has 0 spiro atoms. The van der Waals surface area contributed by atoms with Crippen molar-refractivity contribution in [1.29, 1.82) is 0 Å². The quantitative estimate of drug-likeness (QED) is 0.834. The van der Waals surface area contributed by atoms with E-state index in [0.717, 1.165) is 61.2 Å². The first-order chi connectivity index (χ1) is 13.7. The van der Waals surface area contributed by atoms with Crippen LogP contribution in [0.15, 0.2) is 36.4 Å². The molecule has 2 aromatic rings. The molecule has 0 saturated carbocycles. The van der Waals surface area contributed by atoms with Crippen LogP contribution in [0.25, 0.3) is 10.8 Å². The number of fused-ring (bicyclic) bond motifs is 1. The van der Waals surface area contributed by atoms with Gasteiger partial charge in [-0.3, -0.25) is 9.69 Å². The highest BCUT2D eigenvalue weighted by Crippen LogP contribution is 2.31. The smallest absolute Gasteiger partial charge is 0.224 e. The molecule has 0 radical (unpaired) electrons. The number of ether oxygens (including phenoxy) is 2. The zero-order valence-electron chi connectivity index (χ0n) is 16.7. The lowest BCUT2D eigenvalue weighted by molar-refractivity contribution is -0.121. The van der Waals surface area contributed by atoms with Gasteiger partial charge >= 0.3 is 0 Å². The molecule has 0 bridgehead atoms. The molecule has 2 aromatic carbocycles. The molecular formula is C23H30N2O3. The van der Waals surface area contributed by atoms with Crippen LogP contribution in [0.5, 0.6) is 5.75 Å².